The van der Waals surface area contributed by atoms with Crippen molar-refractivity contribution in [3.05, 3.63) is 40.6 Å². The van der Waals surface area contributed by atoms with E-state index in [9.17, 15) is 4.79 Å². The van der Waals surface area contributed by atoms with Crippen LogP contribution in [0.3, 0.4) is 0 Å². The number of nitrogens with one attached hydrogen (secondary N) is 1. The van der Waals surface area contributed by atoms with Gasteiger partial charge in [0, 0.05) is 5.69 Å². The fraction of sp³-hybridized carbons (Fsp3) is 0.231. The van der Waals surface area contributed by atoms with Crippen molar-refractivity contribution in [2.75, 3.05) is 11.1 Å². The number of primary amides is 1. The Kier molecular flexibility index (Phi) is 3.85. The molecular weight excluding hydrogens is 280 g/mol. The maximum Gasteiger partial charge on any atom is 0.250 e. The average molecular weight is 295 g/mol. The molecule has 0 aliphatic carbocycles. The molecule has 7 heteroatoms. The first-order valence-corrected chi connectivity index (χ1v) is 6.34. The lowest BCUT2D eigenvalue weighted by atomic mass is 10.1. The van der Waals surface area contributed by atoms with Crippen molar-refractivity contribution in [3.8, 4) is 0 Å². The second kappa shape index (κ2) is 5.42. The lowest BCUT2D eigenvalue weighted by molar-refractivity contribution is 0.100. The standard InChI is InChI=1S/C13H15ClN4O2/c1-6-5-17-13(20-6)7(2)18-11-9(12(16)19)3-8(15)4-10(11)14/h3-5,7,18H,15H2,1-2H3,(H2,16,19). The Bertz CT molecular complexity index is 654. The van der Waals surface area contributed by atoms with Crippen molar-refractivity contribution in [1.29, 1.82) is 0 Å². The van der Waals surface area contributed by atoms with Crippen molar-refractivity contribution in [3.63, 3.8) is 0 Å². The Morgan fingerprint density at radius 3 is 2.75 bits per heavy atom. The van der Waals surface area contributed by atoms with Gasteiger partial charge in [-0.3, -0.25) is 4.79 Å². The van der Waals surface area contributed by atoms with Crippen LogP contribution < -0.4 is 16.8 Å². The summed E-state index contributed by atoms with van der Waals surface area (Å²) in [6, 6.07) is 2.75. The Balaban J connectivity index is 2.35. The fourth-order valence-electron chi connectivity index (χ4n) is 1.82. The Morgan fingerprint density at radius 2 is 2.20 bits per heavy atom. The molecule has 20 heavy (non-hydrogen) atoms. The summed E-state index contributed by atoms with van der Waals surface area (Å²) in [6.45, 7) is 3.64. The monoisotopic (exact) mass is 294 g/mol. The van der Waals surface area contributed by atoms with Crippen LogP contribution in [-0.4, -0.2) is 10.9 Å². The molecule has 0 bridgehead atoms. The highest BCUT2D eigenvalue weighted by Crippen LogP contribution is 2.31. The summed E-state index contributed by atoms with van der Waals surface area (Å²) < 4.78 is 5.42. The smallest absolute Gasteiger partial charge is 0.250 e. The zero-order valence-electron chi connectivity index (χ0n) is 11.1. The highest BCUT2D eigenvalue weighted by Gasteiger charge is 2.18. The molecule has 0 spiro atoms. The molecule has 0 fully saturated rings. The molecule has 6 nitrogen and oxygen atoms in total. The van der Waals surface area contributed by atoms with E-state index < -0.39 is 5.91 Å². The van der Waals surface area contributed by atoms with E-state index in [-0.39, 0.29) is 11.6 Å². The summed E-state index contributed by atoms with van der Waals surface area (Å²) in [5, 5.41) is 3.39. The number of benzene rings is 1. The van der Waals surface area contributed by atoms with E-state index >= 15 is 0 Å². The first-order valence-electron chi connectivity index (χ1n) is 5.96. The average Bonchev–Trinajstić information content (AvgIpc) is 2.78. The number of aromatic nitrogens is 1. The molecule has 5 N–H and O–H groups in total. The molecule has 0 radical (unpaired) electrons. The molecule has 0 aliphatic heterocycles. The first-order chi connectivity index (χ1) is 9.38. The van der Waals surface area contributed by atoms with Gasteiger partial charge in [-0.05, 0) is 26.0 Å². The number of rotatable bonds is 4. The number of halogens is 1. The molecular formula is C13H15ClN4O2. The van der Waals surface area contributed by atoms with Gasteiger partial charge in [-0.15, -0.1) is 0 Å². The SMILES string of the molecule is Cc1cnc(C(C)Nc2c(Cl)cc(N)cc2C(N)=O)o1. The molecule has 0 aliphatic rings. The minimum Gasteiger partial charge on any atom is -0.444 e. The molecule has 1 heterocycles. The second-order valence-electron chi connectivity index (χ2n) is 4.46. The zero-order chi connectivity index (χ0) is 14.9. The zero-order valence-corrected chi connectivity index (χ0v) is 11.9. The number of nitrogens with zero attached hydrogens (tertiary/aromatic N) is 1. The van der Waals surface area contributed by atoms with Gasteiger partial charge in [0.1, 0.15) is 11.8 Å². The number of hydrogen-bond donors (Lipinski definition) is 3. The van der Waals surface area contributed by atoms with Crippen LogP contribution in [0.1, 0.15) is 35.0 Å². The topological polar surface area (TPSA) is 107 Å². The van der Waals surface area contributed by atoms with Crippen molar-refractivity contribution < 1.29 is 9.21 Å². The van der Waals surface area contributed by atoms with Gasteiger partial charge in [-0.2, -0.15) is 0 Å². The molecule has 1 atom stereocenters. The fourth-order valence-corrected chi connectivity index (χ4v) is 2.10. The van der Waals surface area contributed by atoms with Gasteiger partial charge in [0.2, 0.25) is 5.89 Å². The van der Waals surface area contributed by atoms with Crippen molar-refractivity contribution in [2.24, 2.45) is 5.73 Å². The number of carbonyl (C=O) groups excluding carboxylic acids is 1. The van der Waals surface area contributed by atoms with Crippen LogP contribution in [0.15, 0.2) is 22.7 Å². The van der Waals surface area contributed by atoms with Gasteiger partial charge in [0.05, 0.1) is 22.5 Å². The molecule has 1 aromatic carbocycles. The van der Waals surface area contributed by atoms with Gasteiger partial charge in [0.15, 0.2) is 0 Å². The molecule has 2 rings (SSSR count). The van der Waals surface area contributed by atoms with Gasteiger partial charge in [0.25, 0.3) is 5.91 Å². The first kappa shape index (κ1) is 14.2. The van der Waals surface area contributed by atoms with Crippen LogP contribution in [0.5, 0.6) is 0 Å². The summed E-state index contributed by atoms with van der Waals surface area (Å²) in [7, 11) is 0. The minimum absolute atomic E-state index is 0.227. The van der Waals surface area contributed by atoms with E-state index in [1.54, 1.807) is 19.2 Å². The minimum atomic E-state index is -0.613. The molecule has 1 amide bonds. The molecule has 0 saturated heterocycles. The highest BCUT2D eigenvalue weighted by molar-refractivity contribution is 6.34. The van der Waals surface area contributed by atoms with E-state index in [1.165, 1.54) is 6.07 Å². The molecule has 106 valence electrons. The van der Waals surface area contributed by atoms with E-state index in [2.05, 4.69) is 10.3 Å². The molecule has 0 saturated carbocycles. The Morgan fingerprint density at radius 1 is 1.50 bits per heavy atom. The molecule has 1 aromatic heterocycles. The normalized spacial score (nSPS) is 12.2. The number of nitrogens with two attached hydrogens (primary N) is 2. The number of hydrogen-bond acceptors (Lipinski definition) is 5. The van der Waals surface area contributed by atoms with E-state index in [4.69, 9.17) is 27.5 Å². The van der Waals surface area contributed by atoms with Gasteiger partial charge in [-0.1, -0.05) is 11.6 Å². The summed E-state index contributed by atoms with van der Waals surface area (Å²) in [4.78, 5) is 15.6. The third-order valence-electron chi connectivity index (χ3n) is 2.75. The van der Waals surface area contributed by atoms with Crippen molar-refractivity contribution >= 4 is 28.9 Å². The number of aryl methyl sites for hydroxylation is 1. The predicted octanol–water partition coefficient (Wildman–Crippen LogP) is 2.49. The van der Waals surface area contributed by atoms with E-state index in [0.29, 0.717) is 28.0 Å². The maximum atomic E-state index is 11.5. The predicted molar refractivity (Wildman–Crippen MR) is 77.7 cm³/mol. The van der Waals surface area contributed by atoms with Crippen LogP contribution >= 0.6 is 11.6 Å². The maximum absolute atomic E-state index is 11.5. The Labute approximate surface area is 121 Å². The number of nitrogen functional groups attached to an aromatic ring is 1. The highest BCUT2D eigenvalue weighted by atomic mass is 35.5. The third kappa shape index (κ3) is 2.85. The third-order valence-corrected chi connectivity index (χ3v) is 3.05. The van der Waals surface area contributed by atoms with Gasteiger partial charge in [-0.25, -0.2) is 4.98 Å². The summed E-state index contributed by atoms with van der Waals surface area (Å²) in [5.41, 5.74) is 12.0. The number of carbonyl (C=O) groups is 1. The van der Waals surface area contributed by atoms with Crippen LogP contribution in [0, 0.1) is 6.92 Å². The second-order valence-corrected chi connectivity index (χ2v) is 4.87. The Hall–Kier alpha value is -2.21. The quantitative estimate of drug-likeness (QED) is 0.751. The largest absolute Gasteiger partial charge is 0.444 e. The van der Waals surface area contributed by atoms with Gasteiger partial charge >= 0.3 is 0 Å². The number of amides is 1. The van der Waals surface area contributed by atoms with Crippen LogP contribution in [-0.2, 0) is 0 Å². The van der Waals surface area contributed by atoms with E-state index in [1.807, 2.05) is 6.92 Å². The van der Waals surface area contributed by atoms with Crippen LogP contribution in [0.4, 0.5) is 11.4 Å². The van der Waals surface area contributed by atoms with Crippen LogP contribution in [0.2, 0.25) is 5.02 Å². The summed E-state index contributed by atoms with van der Waals surface area (Å²) in [6.07, 6.45) is 1.62. The summed E-state index contributed by atoms with van der Waals surface area (Å²) in [5.74, 6) is 0.579. The number of anilines is 2. The van der Waals surface area contributed by atoms with Crippen molar-refractivity contribution in [1.82, 2.24) is 4.98 Å². The summed E-state index contributed by atoms with van der Waals surface area (Å²) >= 11 is 6.11. The lowest BCUT2D eigenvalue weighted by Gasteiger charge is -2.16. The van der Waals surface area contributed by atoms with Crippen LogP contribution in [0.25, 0.3) is 0 Å². The van der Waals surface area contributed by atoms with E-state index in [0.717, 1.165) is 0 Å². The van der Waals surface area contributed by atoms with Crippen molar-refractivity contribution in [2.45, 2.75) is 19.9 Å². The number of oxazole rings is 1. The molecule has 2 aromatic rings. The van der Waals surface area contributed by atoms with Gasteiger partial charge < -0.3 is 21.2 Å². The lowest BCUT2D eigenvalue weighted by Crippen LogP contribution is -2.17. The molecule has 1 unspecified atom stereocenters.